The van der Waals surface area contributed by atoms with E-state index in [2.05, 4.69) is 4.90 Å². The fourth-order valence-electron chi connectivity index (χ4n) is 2.42. The van der Waals surface area contributed by atoms with Crippen LogP contribution in [0, 0.1) is 0 Å². The second-order valence-corrected chi connectivity index (χ2v) is 5.80. The fraction of sp³-hybridized carbons (Fsp3) is 0.429. The van der Waals surface area contributed by atoms with Gasteiger partial charge in [-0.3, -0.25) is 5.73 Å². The van der Waals surface area contributed by atoms with E-state index in [0.29, 0.717) is 0 Å². The van der Waals surface area contributed by atoms with E-state index in [1.165, 1.54) is 19.3 Å². The Morgan fingerprint density at radius 2 is 1.83 bits per heavy atom. The Kier molecular flexibility index (Phi) is 3.33. The first-order chi connectivity index (χ1) is 8.78. The second-order valence-electron chi connectivity index (χ2n) is 4.75. The maximum atomic E-state index is 6.38. The van der Waals surface area contributed by atoms with Crippen LogP contribution in [0.3, 0.4) is 0 Å². The van der Waals surface area contributed by atoms with E-state index < -0.39 is 5.18 Å². The normalized spacial score (nSPS) is 28.8. The molecule has 1 aromatic carbocycles. The molecule has 0 spiro atoms. The minimum atomic E-state index is -0.703. The highest BCUT2D eigenvalue weighted by Gasteiger charge is 2.40. The highest BCUT2D eigenvalue weighted by Crippen LogP contribution is 2.41. The summed E-state index contributed by atoms with van der Waals surface area (Å²) in [6.07, 6.45) is 3.73. The largest absolute Gasteiger partial charge is 0.449 e. The molecule has 0 saturated carbocycles. The Balaban J connectivity index is 1.73. The molecule has 2 aliphatic rings. The third-order valence-electron chi connectivity index (χ3n) is 3.45. The number of nitrogens with two attached hydrogens (primary N) is 1. The van der Waals surface area contributed by atoms with Crippen LogP contribution in [0.5, 0.6) is 0 Å². The number of hydrogen-bond acceptors (Lipinski definition) is 4. The molecule has 1 unspecified atom stereocenters. The van der Waals surface area contributed by atoms with E-state index in [4.69, 9.17) is 10.5 Å². The lowest BCUT2D eigenvalue weighted by atomic mass is 10.1. The molecule has 0 aromatic heterocycles. The number of ether oxygens (including phenoxy) is 1. The maximum absolute atomic E-state index is 6.38. The molecule has 0 amide bonds. The van der Waals surface area contributed by atoms with Crippen molar-refractivity contribution in [3.8, 4) is 0 Å². The molecule has 1 saturated heterocycles. The van der Waals surface area contributed by atoms with Crippen LogP contribution in [0.15, 0.2) is 35.7 Å². The van der Waals surface area contributed by atoms with Gasteiger partial charge >= 0.3 is 0 Å². The summed E-state index contributed by atoms with van der Waals surface area (Å²) in [5, 5.41) is 1.33. The van der Waals surface area contributed by atoms with E-state index in [0.717, 1.165) is 24.4 Å². The first-order valence-electron chi connectivity index (χ1n) is 6.44. The number of thioether (sulfide) groups is 1. The minimum Gasteiger partial charge on any atom is -0.449 e. The third-order valence-corrected chi connectivity index (χ3v) is 4.46. The standard InChI is InChI=1S/C14H18N2OS/c15-14(16-9-5-2-6-10-16)17-13(11-18-14)12-7-3-1-4-8-12/h1,3-4,7-8,11H,2,5-6,9-10,15H2. The average Bonchev–Trinajstić information content (AvgIpc) is 2.85. The SMILES string of the molecule is NC1(N2CCCCC2)OC(c2ccccc2)=CS1. The van der Waals surface area contributed by atoms with Crippen molar-refractivity contribution in [2.24, 2.45) is 5.73 Å². The summed E-state index contributed by atoms with van der Waals surface area (Å²) in [7, 11) is 0. The number of benzene rings is 1. The van der Waals surface area contributed by atoms with Gasteiger partial charge in [-0.2, -0.15) is 0 Å². The van der Waals surface area contributed by atoms with Crippen molar-refractivity contribution in [1.29, 1.82) is 0 Å². The highest BCUT2D eigenvalue weighted by atomic mass is 32.2. The molecule has 96 valence electrons. The Morgan fingerprint density at radius 3 is 2.56 bits per heavy atom. The molecule has 2 aliphatic heterocycles. The molecule has 0 radical (unpaired) electrons. The van der Waals surface area contributed by atoms with Crippen LogP contribution in [0.4, 0.5) is 0 Å². The monoisotopic (exact) mass is 262 g/mol. The van der Waals surface area contributed by atoms with E-state index in [9.17, 15) is 0 Å². The zero-order chi connectivity index (χ0) is 12.4. The Labute approximate surface area is 112 Å². The molecular formula is C14H18N2OS. The molecule has 2 heterocycles. The summed E-state index contributed by atoms with van der Waals surface area (Å²) in [5.74, 6) is 0.883. The summed E-state index contributed by atoms with van der Waals surface area (Å²) >= 11 is 1.57. The number of likely N-dealkylation sites (tertiary alicyclic amines) is 1. The number of piperidine rings is 1. The smallest absolute Gasteiger partial charge is 0.272 e. The molecular weight excluding hydrogens is 244 g/mol. The molecule has 18 heavy (non-hydrogen) atoms. The third kappa shape index (κ3) is 2.28. The van der Waals surface area contributed by atoms with Gasteiger partial charge in [0.15, 0.2) is 0 Å². The lowest BCUT2D eigenvalue weighted by molar-refractivity contribution is -0.0289. The van der Waals surface area contributed by atoms with Gasteiger partial charge in [0.2, 0.25) is 0 Å². The molecule has 0 bridgehead atoms. The summed E-state index contributed by atoms with van der Waals surface area (Å²) in [4.78, 5) is 2.24. The van der Waals surface area contributed by atoms with Gasteiger partial charge in [-0.1, -0.05) is 36.8 Å². The quantitative estimate of drug-likeness (QED) is 0.889. The Morgan fingerprint density at radius 1 is 1.11 bits per heavy atom. The zero-order valence-electron chi connectivity index (χ0n) is 10.3. The molecule has 3 nitrogen and oxygen atoms in total. The average molecular weight is 262 g/mol. The molecule has 3 rings (SSSR count). The predicted octanol–water partition coefficient (Wildman–Crippen LogP) is 2.80. The Bertz CT molecular complexity index is 442. The van der Waals surface area contributed by atoms with E-state index in [1.54, 1.807) is 11.8 Å². The van der Waals surface area contributed by atoms with Crippen molar-refractivity contribution < 1.29 is 4.74 Å². The van der Waals surface area contributed by atoms with Crippen LogP contribution in [-0.2, 0) is 4.74 Å². The van der Waals surface area contributed by atoms with E-state index >= 15 is 0 Å². The second kappa shape index (κ2) is 4.96. The first kappa shape index (κ1) is 12.1. The van der Waals surface area contributed by atoms with Crippen LogP contribution >= 0.6 is 11.8 Å². The van der Waals surface area contributed by atoms with Gasteiger partial charge in [-0.15, -0.1) is 0 Å². The number of nitrogens with zero attached hydrogens (tertiary/aromatic N) is 1. The van der Waals surface area contributed by atoms with Gasteiger partial charge in [-0.25, -0.2) is 4.90 Å². The maximum Gasteiger partial charge on any atom is 0.272 e. The van der Waals surface area contributed by atoms with Crippen molar-refractivity contribution in [3.63, 3.8) is 0 Å². The van der Waals surface area contributed by atoms with Gasteiger partial charge in [0.25, 0.3) is 5.18 Å². The molecule has 4 heteroatoms. The van der Waals surface area contributed by atoms with Crippen molar-refractivity contribution >= 4 is 17.5 Å². The highest BCUT2D eigenvalue weighted by molar-refractivity contribution is 8.03. The minimum absolute atomic E-state index is 0.703. The molecule has 1 aromatic rings. The van der Waals surface area contributed by atoms with Crippen LogP contribution in [0.1, 0.15) is 24.8 Å². The summed E-state index contributed by atoms with van der Waals surface area (Å²) in [6.45, 7) is 2.05. The lowest BCUT2D eigenvalue weighted by Crippen LogP contribution is -2.55. The summed E-state index contributed by atoms with van der Waals surface area (Å²) in [5.41, 5.74) is 7.47. The van der Waals surface area contributed by atoms with Crippen LogP contribution in [-0.4, -0.2) is 23.2 Å². The Hall–Kier alpha value is -0.970. The molecule has 1 atom stereocenters. The van der Waals surface area contributed by atoms with Crippen LogP contribution in [0.2, 0.25) is 0 Å². The fourth-order valence-corrected chi connectivity index (χ4v) is 3.35. The number of hydrogen-bond donors (Lipinski definition) is 1. The van der Waals surface area contributed by atoms with Gasteiger partial charge in [0, 0.05) is 24.1 Å². The summed E-state index contributed by atoms with van der Waals surface area (Å²) < 4.78 is 6.00. The van der Waals surface area contributed by atoms with Crippen LogP contribution in [0.25, 0.3) is 5.76 Å². The number of rotatable bonds is 2. The van der Waals surface area contributed by atoms with E-state index in [-0.39, 0.29) is 0 Å². The van der Waals surface area contributed by atoms with Gasteiger partial charge in [-0.05, 0) is 24.6 Å². The van der Waals surface area contributed by atoms with Crippen molar-refractivity contribution in [3.05, 3.63) is 41.3 Å². The molecule has 1 fully saturated rings. The van der Waals surface area contributed by atoms with Crippen molar-refractivity contribution in [2.45, 2.75) is 24.4 Å². The van der Waals surface area contributed by atoms with Crippen LogP contribution < -0.4 is 5.73 Å². The zero-order valence-corrected chi connectivity index (χ0v) is 11.2. The van der Waals surface area contributed by atoms with E-state index in [1.807, 2.05) is 35.7 Å². The lowest BCUT2D eigenvalue weighted by Gasteiger charge is -2.38. The first-order valence-corrected chi connectivity index (χ1v) is 7.32. The topological polar surface area (TPSA) is 38.5 Å². The molecule has 0 aliphatic carbocycles. The predicted molar refractivity (Wildman–Crippen MR) is 75.4 cm³/mol. The molecule has 2 N–H and O–H groups in total. The van der Waals surface area contributed by atoms with Crippen molar-refractivity contribution in [2.75, 3.05) is 13.1 Å². The van der Waals surface area contributed by atoms with Crippen molar-refractivity contribution in [1.82, 2.24) is 4.90 Å². The summed E-state index contributed by atoms with van der Waals surface area (Å²) in [6, 6.07) is 10.1. The van der Waals surface area contributed by atoms with Gasteiger partial charge in [0.05, 0.1) is 0 Å². The van der Waals surface area contributed by atoms with Gasteiger partial charge in [0.1, 0.15) is 5.76 Å². The van der Waals surface area contributed by atoms with Gasteiger partial charge < -0.3 is 4.74 Å².